The van der Waals surface area contributed by atoms with Crippen LogP contribution in [0.3, 0.4) is 0 Å². The fourth-order valence-electron chi connectivity index (χ4n) is 0.902. The van der Waals surface area contributed by atoms with E-state index in [0.29, 0.717) is 0 Å². The third kappa shape index (κ3) is 2.83. The number of pyridine rings is 1. The molecule has 0 radical (unpaired) electrons. The molecule has 82 valence electrons. The largest absolute Gasteiger partial charge is 0.574 e. The Labute approximate surface area is 82.3 Å². The number of nitrogens with zero attached hydrogens (tertiary/aromatic N) is 1. The maximum Gasteiger partial charge on any atom is 0.574 e. The normalized spacial score (nSPS) is 11.2. The van der Waals surface area contributed by atoms with Crippen LogP contribution in [0.1, 0.15) is 16.1 Å². The molecule has 0 unspecified atom stereocenters. The lowest BCUT2D eigenvalue weighted by molar-refractivity contribution is -0.276. The second kappa shape index (κ2) is 3.76. The highest BCUT2D eigenvalue weighted by molar-refractivity contribution is 5.73. The van der Waals surface area contributed by atoms with Crippen LogP contribution in [0.15, 0.2) is 6.07 Å². The summed E-state index contributed by atoms with van der Waals surface area (Å²) in [7, 11) is 0. The molecule has 7 heteroatoms. The van der Waals surface area contributed by atoms with Gasteiger partial charge in [-0.2, -0.15) is 0 Å². The average molecular weight is 221 g/mol. The molecule has 1 aromatic rings. The molecule has 0 aromatic carbocycles. The summed E-state index contributed by atoms with van der Waals surface area (Å²) < 4.78 is 38.9. The van der Waals surface area contributed by atoms with Gasteiger partial charge in [0.15, 0.2) is 12.0 Å². The zero-order valence-corrected chi connectivity index (χ0v) is 7.50. The van der Waals surface area contributed by atoms with E-state index in [-0.39, 0.29) is 17.5 Å². The Hall–Kier alpha value is -1.79. The van der Waals surface area contributed by atoms with Gasteiger partial charge < -0.3 is 9.84 Å². The molecule has 0 spiro atoms. The van der Waals surface area contributed by atoms with Crippen molar-refractivity contribution < 1.29 is 27.8 Å². The van der Waals surface area contributed by atoms with Gasteiger partial charge in [0.2, 0.25) is 0 Å². The summed E-state index contributed by atoms with van der Waals surface area (Å²) in [6.07, 6.45) is -4.70. The Morgan fingerprint density at radius 3 is 2.60 bits per heavy atom. The molecule has 0 saturated heterocycles. The maximum atomic E-state index is 11.8. The van der Waals surface area contributed by atoms with Crippen LogP contribution in [0.4, 0.5) is 13.2 Å². The highest BCUT2D eigenvalue weighted by Gasteiger charge is 2.33. The van der Waals surface area contributed by atoms with Crippen LogP contribution in [-0.2, 0) is 0 Å². The van der Waals surface area contributed by atoms with Gasteiger partial charge in [0.1, 0.15) is 5.69 Å². The molecule has 0 fully saturated rings. The van der Waals surface area contributed by atoms with E-state index in [0.717, 1.165) is 6.07 Å². The predicted octanol–water partition coefficient (Wildman–Crippen LogP) is 1.81. The molecule has 0 aliphatic heterocycles. The topological polar surface area (TPSA) is 59.4 Å². The smallest absolute Gasteiger partial charge is 0.503 e. The number of rotatable bonds is 2. The first-order valence-corrected chi connectivity index (χ1v) is 3.75. The number of aryl methyl sites for hydroxylation is 1. The zero-order chi connectivity index (χ0) is 11.6. The van der Waals surface area contributed by atoms with E-state index in [9.17, 15) is 23.1 Å². The molecule has 0 atom stereocenters. The third-order valence-electron chi connectivity index (χ3n) is 1.50. The molecule has 0 aliphatic rings. The van der Waals surface area contributed by atoms with Gasteiger partial charge in [-0.15, -0.1) is 13.2 Å². The minimum atomic E-state index is -4.96. The van der Waals surface area contributed by atoms with Crippen LogP contribution in [-0.4, -0.2) is 22.7 Å². The number of aromatic nitrogens is 1. The van der Waals surface area contributed by atoms with E-state index in [1.165, 1.54) is 6.92 Å². The van der Waals surface area contributed by atoms with Crippen molar-refractivity contribution in [3.05, 3.63) is 17.3 Å². The lowest BCUT2D eigenvalue weighted by Gasteiger charge is -2.10. The summed E-state index contributed by atoms with van der Waals surface area (Å²) in [5.74, 6) is -1.76. The minimum Gasteiger partial charge on any atom is -0.503 e. The molecular formula is C8H6F3NO3. The number of carbonyl (C=O) groups excluding carboxylic acids is 1. The molecule has 0 aliphatic carbocycles. The number of aromatic hydroxyl groups is 1. The molecule has 1 heterocycles. The molecular weight excluding hydrogens is 215 g/mol. The van der Waals surface area contributed by atoms with E-state index in [2.05, 4.69) is 9.72 Å². The van der Waals surface area contributed by atoms with Crippen molar-refractivity contribution in [3.63, 3.8) is 0 Å². The summed E-state index contributed by atoms with van der Waals surface area (Å²) in [4.78, 5) is 13.5. The van der Waals surface area contributed by atoms with Gasteiger partial charge in [0.05, 0.1) is 0 Å². The van der Waals surface area contributed by atoms with Crippen LogP contribution in [0.25, 0.3) is 0 Å². The van der Waals surface area contributed by atoms with Crippen LogP contribution in [0.2, 0.25) is 0 Å². The number of ether oxygens (including phenoxy) is 1. The number of alkyl halides is 3. The summed E-state index contributed by atoms with van der Waals surface area (Å²) in [5, 5.41) is 9.18. The van der Waals surface area contributed by atoms with Gasteiger partial charge in [-0.05, 0) is 18.6 Å². The maximum absolute atomic E-state index is 11.8. The molecule has 0 saturated carbocycles. The molecule has 4 nitrogen and oxygen atoms in total. The van der Waals surface area contributed by atoms with Crippen molar-refractivity contribution in [2.75, 3.05) is 0 Å². The fourth-order valence-corrected chi connectivity index (χ4v) is 0.902. The molecule has 0 amide bonds. The standard InChI is InChI=1S/C8H6F3NO3/c1-4-2-5(3-13)12-7(6(4)14)15-8(9,10)11/h2-3,14H,1H3. The number of carbonyl (C=O) groups is 1. The molecule has 1 rings (SSSR count). The summed E-state index contributed by atoms with van der Waals surface area (Å²) >= 11 is 0. The van der Waals surface area contributed by atoms with E-state index in [1.54, 1.807) is 0 Å². The van der Waals surface area contributed by atoms with E-state index in [4.69, 9.17) is 0 Å². The monoisotopic (exact) mass is 221 g/mol. The Kier molecular flexibility index (Phi) is 2.83. The van der Waals surface area contributed by atoms with Crippen molar-refractivity contribution in [1.29, 1.82) is 0 Å². The highest BCUT2D eigenvalue weighted by atomic mass is 19.4. The first kappa shape index (κ1) is 11.3. The second-order valence-electron chi connectivity index (χ2n) is 2.68. The number of hydrogen-bond donors (Lipinski definition) is 1. The van der Waals surface area contributed by atoms with Crippen molar-refractivity contribution >= 4 is 6.29 Å². The zero-order valence-electron chi connectivity index (χ0n) is 7.50. The highest BCUT2D eigenvalue weighted by Crippen LogP contribution is 2.31. The van der Waals surface area contributed by atoms with Gasteiger partial charge in [-0.3, -0.25) is 4.79 Å². The first-order chi connectivity index (χ1) is 6.83. The van der Waals surface area contributed by atoms with Gasteiger partial charge in [-0.25, -0.2) is 4.98 Å². The van der Waals surface area contributed by atoms with Crippen LogP contribution >= 0.6 is 0 Å². The number of aldehydes is 1. The summed E-state index contributed by atoms with van der Waals surface area (Å²) in [6.45, 7) is 1.33. The molecule has 0 bridgehead atoms. The molecule has 1 N–H and O–H groups in total. The van der Waals surface area contributed by atoms with Gasteiger partial charge >= 0.3 is 6.36 Å². The van der Waals surface area contributed by atoms with Crippen molar-refractivity contribution in [2.45, 2.75) is 13.3 Å². The molecule has 15 heavy (non-hydrogen) atoms. The Morgan fingerprint density at radius 2 is 2.13 bits per heavy atom. The van der Waals surface area contributed by atoms with E-state index < -0.39 is 18.0 Å². The van der Waals surface area contributed by atoms with E-state index >= 15 is 0 Å². The van der Waals surface area contributed by atoms with Crippen molar-refractivity contribution in [1.82, 2.24) is 4.98 Å². The van der Waals surface area contributed by atoms with Gasteiger partial charge in [0, 0.05) is 0 Å². The molecule has 1 aromatic heterocycles. The fraction of sp³-hybridized carbons (Fsp3) is 0.250. The number of halogens is 3. The predicted molar refractivity (Wildman–Crippen MR) is 42.7 cm³/mol. The third-order valence-corrected chi connectivity index (χ3v) is 1.50. The van der Waals surface area contributed by atoms with Crippen molar-refractivity contribution in [2.24, 2.45) is 0 Å². The van der Waals surface area contributed by atoms with Crippen LogP contribution in [0.5, 0.6) is 11.6 Å². The average Bonchev–Trinajstić information content (AvgIpc) is 2.10. The Morgan fingerprint density at radius 1 is 1.53 bits per heavy atom. The van der Waals surface area contributed by atoms with Crippen LogP contribution in [0, 0.1) is 6.92 Å². The van der Waals surface area contributed by atoms with Crippen molar-refractivity contribution in [3.8, 4) is 11.6 Å². The second-order valence-corrected chi connectivity index (χ2v) is 2.68. The van der Waals surface area contributed by atoms with Gasteiger partial charge in [0.25, 0.3) is 5.88 Å². The summed E-state index contributed by atoms with van der Waals surface area (Å²) in [5.41, 5.74) is -0.170. The minimum absolute atomic E-state index is 0.0753. The first-order valence-electron chi connectivity index (χ1n) is 3.75. The Bertz CT molecular complexity index is 389. The summed E-state index contributed by atoms with van der Waals surface area (Å²) in [6, 6.07) is 1.14. The quantitative estimate of drug-likeness (QED) is 0.773. The lowest BCUT2D eigenvalue weighted by Crippen LogP contribution is -2.18. The van der Waals surface area contributed by atoms with Crippen LogP contribution < -0.4 is 4.74 Å². The van der Waals surface area contributed by atoms with E-state index in [1.807, 2.05) is 0 Å². The lowest BCUT2D eigenvalue weighted by atomic mass is 10.2. The van der Waals surface area contributed by atoms with Gasteiger partial charge in [-0.1, -0.05) is 0 Å². The SMILES string of the molecule is Cc1cc(C=O)nc(OC(F)(F)F)c1O. The Balaban J connectivity index is 3.16. The number of hydrogen-bond acceptors (Lipinski definition) is 4.